The molecule has 1 amide bonds. The molecular formula is C19H19N3O3. The zero-order chi connectivity index (χ0) is 18.1. The van der Waals surface area contributed by atoms with E-state index in [1.807, 2.05) is 32.0 Å². The van der Waals surface area contributed by atoms with Crippen LogP contribution in [0.1, 0.15) is 28.4 Å². The summed E-state index contributed by atoms with van der Waals surface area (Å²) in [6.07, 6.45) is 1.52. The van der Waals surface area contributed by atoms with E-state index in [0.717, 1.165) is 11.1 Å². The summed E-state index contributed by atoms with van der Waals surface area (Å²) in [5.74, 6) is 0.731. The van der Waals surface area contributed by atoms with Crippen molar-refractivity contribution in [2.75, 3.05) is 13.2 Å². The van der Waals surface area contributed by atoms with Gasteiger partial charge in [-0.05, 0) is 49.7 Å². The molecule has 0 heterocycles. The molecule has 2 rings (SSSR count). The molecule has 0 spiro atoms. The van der Waals surface area contributed by atoms with Crippen LogP contribution in [0.25, 0.3) is 0 Å². The molecule has 0 aromatic heterocycles. The SMILES string of the molecule is CCOc1cc(/C=N\NC(=O)c2cccc(C)c2)ccc1OCC#N. The van der Waals surface area contributed by atoms with Gasteiger partial charge in [-0.25, -0.2) is 5.43 Å². The van der Waals surface area contributed by atoms with Gasteiger partial charge in [0.25, 0.3) is 5.91 Å². The van der Waals surface area contributed by atoms with Crippen LogP contribution in [0.4, 0.5) is 0 Å². The molecular weight excluding hydrogens is 318 g/mol. The monoisotopic (exact) mass is 337 g/mol. The van der Waals surface area contributed by atoms with Crippen molar-refractivity contribution in [3.05, 3.63) is 59.2 Å². The third-order valence-electron chi connectivity index (χ3n) is 3.22. The number of carbonyl (C=O) groups is 1. The first kappa shape index (κ1) is 18.0. The molecule has 2 aromatic rings. The minimum absolute atomic E-state index is 0.0555. The standard InChI is InChI=1S/C19H19N3O3/c1-3-24-18-12-15(7-8-17(18)25-10-9-20)13-21-22-19(23)16-6-4-5-14(2)11-16/h4-8,11-13H,3,10H2,1-2H3,(H,22,23)/b21-13-. The number of benzene rings is 2. The van der Waals surface area contributed by atoms with Crippen LogP contribution in [-0.2, 0) is 0 Å². The fourth-order valence-corrected chi connectivity index (χ4v) is 2.12. The van der Waals surface area contributed by atoms with E-state index in [0.29, 0.717) is 23.7 Å². The number of nitriles is 1. The highest BCUT2D eigenvalue weighted by atomic mass is 16.5. The number of rotatable bonds is 7. The Morgan fingerprint density at radius 2 is 2.08 bits per heavy atom. The summed E-state index contributed by atoms with van der Waals surface area (Å²) in [6.45, 7) is 4.19. The zero-order valence-electron chi connectivity index (χ0n) is 14.2. The minimum Gasteiger partial charge on any atom is -0.490 e. The summed E-state index contributed by atoms with van der Waals surface area (Å²) in [7, 11) is 0. The molecule has 0 atom stereocenters. The van der Waals surface area contributed by atoms with Gasteiger partial charge in [-0.1, -0.05) is 17.7 Å². The molecule has 0 aliphatic carbocycles. The van der Waals surface area contributed by atoms with Crippen molar-refractivity contribution in [1.82, 2.24) is 5.43 Å². The van der Waals surface area contributed by atoms with Gasteiger partial charge in [-0.2, -0.15) is 10.4 Å². The Balaban J connectivity index is 2.06. The Bertz CT molecular complexity index is 810. The number of ether oxygens (including phenoxy) is 2. The van der Waals surface area contributed by atoms with Gasteiger partial charge in [0.05, 0.1) is 12.8 Å². The Kier molecular flexibility index (Phi) is 6.55. The van der Waals surface area contributed by atoms with Gasteiger partial charge in [0.15, 0.2) is 18.1 Å². The fraction of sp³-hybridized carbons (Fsp3) is 0.211. The van der Waals surface area contributed by atoms with Crippen molar-refractivity contribution in [2.45, 2.75) is 13.8 Å². The van der Waals surface area contributed by atoms with Crippen molar-refractivity contribution in [2.24, 2.45) is 5.10 Å². The summed E-state index contributed by atoms with van der Waals surface area (Å²) >= 11 is 0. The van der Waals surface area contributed by atoms with E-state index in [2.05, 4.69) is 10.5 Å². The normalized spacial score (nSPS) is 10.3. The van der Waals surface area contributed by atoms with Gasteiger partial charge in [0.2, 0.25) is 0 Å². The number of aryl methyl sites for hydroxylation is 1. The van der Waals surface area contributed by atoms with Crippen molar-refractivity contribution >= 4 is 12.1 Å². The number of hydrazone groups is 1. The van der Waals surface area contributed by atoms with Crippen LogP contribution >= 0.6 is 0 Å². The van der Waals surface area contributed by atoms with E-state index in [9.17, 15) is 4.79 Å². The molecule has 0 saturated heterocycles. The van der Waals surface area contributed by atoms with Crippen LogP contribution in [0.5, 0.6) is 11.5 Å². The van der Waals surface area contributed by atoms with E-state index in [4.69, 9.17) is 14.7 Å². The minimum atomic E-state index is -0.279. The van der Waals surface area contributed by atoms with E-state index in [-0.39, 0.29) is 12.5 Å². The molecule has 2 aromatic carbocycles. The molecule has 1 N–H and O–H groups in total. The third-order valence-corrected chi connectivity index (χ3v) is 3.22. The summed E-state index contributed by atoms with van der Waals surface area (Å²) in [6, 6.07) is 14.4. The lowest BCUT2D eigenvalue weighted by molar-refractivity contribution is 0.0955. The second kappa shape index (κ2) is 9.08. The van der Waals surface area contributed by atoms with Crippen molar-refractivity contribution in [1.29, 1.82) is 5.26 Å². The van der Waals surface area contributed by atoms with Crippen LogP contribution in [-0.4, -0.2) is 25.3 Å². The Hall–Kier alpha value is -3.33. The Morgan fingerprint density at radius 1 is 1.24 bits per heavy atom. The average molecular weight is 337 g/mol. The first-order valence-corrected chi connectivity index (χ1v) is 7.80. The van der Waals surface area contributed by atoms with E-state index in [1.165, 1.54) is 6.21 Å². The van der Waals surface area contributed by atoms with Gasteiger partial charge in [0.1, 0.15) is 6.07 Å². The lowest BCUT2D eigenvalue weighted by Crippen LogP contribution is -2.17. The zero-order valence-corrected chi connectivity index (χ0v) is 14.2. The fourth-order valence-electron chi connectivity index (χ4n) is 2.12. The lowest BCUT2D eigenvalue weighted by Gasteiger charge is -2.10. The molecule has 6 nitrogen and oxygen atoms in total. The van der Waals surface area contributed by atoms with Crippen LogP contribution in [0, 0.1) is 18.3 Å². The highest BCUT2D eigenvalue weighted by molar-refractivity contribution is 5.95. The van der Waals surface area contributed by atoms with Gasteiger partial charge in [-0.3, -0.25) is 4.79 Å². The molecule has 0 saturated carbocycles. The van der Waals surface area contributed by atoms with Gasteiger partial charge in [-0.15, -0.1) is 0 Å². The molecule has 0 aliphatic heterocycles. The summed E-state index contributed by atoms with van der Waals surface area (Å²) in [5, 5.41) is 12.6. The van der Waals surface area contributed by atoms with Crippen LogP contribution < -0.4 is 14.9 Å². The van der Waals surface area contributed by atoms with E-state index >= 15 is 0 Å². The molecule has 0 unspecified atom stereocenters. The van der Waals surface area contributed by atoms with E-state index < -0.39 is 0 Å². The maximum atomic E-state index is 12.0. The molecule has 6 heteroatoms. The highest BCUT2D eigenvalue weighted by Crippen LogP contribution is 2.27. The summed E-state index contributed by atoms with van der Waals surface area (Å²) in [4.78, 5) is 12.0. The first-order chi connectivity index (χ1) is 12.1. The van der Waals surface area contributed by atoms with Crippen LogP contribution in [0.2, 0.25) is 0 Å². The second-order valence-electron chi connectivity index (χ2n) is 5.15. The predicted octanol–water partition coefficient (Wildman–Crippen LogP) is 3.06. The second-order valence-corrected chi connectivity index (χ2v) is 5.15. The highest BCUT2D eigenvalue weighted by Gasteiger charge is 2.06. The molecule has 0 bridgehead atoms. The van der Waals surface area contributed by atoms with Gasteiger partial charge in [0, 0.05) is 5.56 Å². The van der Waals surface area contributed by atoms with Gasteiger partial charge >= 0.3 is 0 Å². The number of carbonyl (C=O) groups excluding carboxylic acids is 1. The average Bonchev–Trinajstić information content (AvgIpc) is 2.61. The molecule has 128 valence electrons. The summed E-state index contributed by atoms with van der Waals surface area (Å²) in [5.41, 5.74) is 4.78. The Labute approximate surface area is 146 Å². The predicted molar refractivity (Wildman–Crippen MR) is 95.0 cm³/mol. The summed E-state index contributed by atoms with van der Waals surface area (Å²) < 4.78 is 10.8. The number of hydrogen-bond acceptors (Lipinski definition) is 5. The molecule has 0 aliphatic rings. The maximum Gasteiger partial charge on any atom is 0.271 e. The Morgan fingerprint density at radius 3 is 2.80 bits per heavy atom. The molecule has 0 radical (unpaired) electrons. The lowest BCUT2D eigenvalue weighted by atomic mass is 10.1. The number of nitrogens with zero attached hydrogens (tertiary/aromatic N) is 2. The van der Waals surface area contributed by atoms with Crippen molar-refractivity contribution < 1.29 is 14.3 Å². The van der Waals surface area contributed by atoms with Crippen molar-refractivity contribution in [3.8, 4) is 17.6 Å². The maximum absolute atomic E-state index is 12.0. The third kappa shape index (κ3) is 5.36. The number of nitrogens with one attached hydrogen (secondary N) is 1. The quantitative estimate of drug-likeness (QED) is 0.622. The first-order valence-electron chi connectivity index (χ1n) is 7.80. The molecule has 25 heavy (non-hydrogen) atoms. The topological polar surface area (TPSA) is 83.7 Å². The van der Waals surface area contributed by atoms with E-state index in [1.54, 1.807) is 30.3 Å². The number of hydrogen-bond donors (Lipinski definition) is 1. The van der Waals surface area contributed by atoms with Crippen LogP contribution in [0.15, 0.2) is 47.6 Å². The molecule has 0 fully saturated rings. The smallest absolute Gasteiger partial charge is 0.271 e. The van der Waals surface area contributed by atoms with Crippen molar-refractivity contribution in [3.63, 3.8) is 0 Å². The van der Waals surface area contributed by atoms with Crippen LogP contribution in [0.3, 0.4) is 0 Å². The number of amides is 1. The van der Waals surface area contributed by atoms with Gasteiger partial charge < -0.3 is 9.47 Å². The largest absolute Gasteiger partial charge is 0.490 e.